The standard InChI is InChI=1S/C17H14N4O3/c22-15-4-1-5-16(23)21(15)20-10-12-9-11(6-7-13(12)17(20)24)14-3-2-8-18-19-14/h2-3,6-9H,1,4-5,10H2. The van der Waals surface area contributed by atoms with Gasteiger partial charge in [-0.2, -0.15) is 15.2 Å². The molecule has 0 spiro atoms. The molecule has 0 saturated carbocycles. The third-order valence-electron chi connectivity index (χ3n) is 4.25. The summed E-state index contributed by atoms with van der Waals surface area (Å²) in [6, 6.07) is 8.99. The fraction of sp³-hybridized carbons (Fsp3) is 0.235. The summed E-state index contributed by atoms with van der Waals surface area (Å²) in [5.41, 5.74) is 2.83. The molecule has 1 aromatic carbocycles. The van der Waals surface area contributed by atoms with Crippen LogP contribution in [0.5, 0.6) is 0 Å². The van der Waals surface area contributed by atoms with Gasteiger partial charge in [-0.15, -0.1) is 0 Å². The molecule has 3 heterocycles. The number of imide groups is 1. The van der Waals surface area contributed by atoms with Crippen molar-refractivity contribution >= 4 is 17.7 Å². The van der Waals surface area contributed by atoms with E-state index in [1.165, 1.54) is 5.01 Å². The minimum Gasteiger partial charge on any atom is -0.273 e. The van der Waals surface area contributed by atoms with Crippen molar-refractivity contribution in [2.75, 3.05) is 0 Å². The molecule has 7 nitrogen and oxygen atoms in total. The molecule has 24 heavy (non-hydrogen) atoms. The van der Waals surface area contributed by atoms with Crippen LogP contribution in [-0.4, -0.2) is 37.9 Å². The van der Waals surface area contributed by atoms with Gasteiger partial charge in [0.15, 0.2) is 0 Å². The average molecular weight is 322 g/mol. The average Bonchev–Trinajstić information content (AvgIpc) is 2.92. The first kappa shape index (κ1) is 14.5. The third kappa shape index (κ3) is 2.25. The number of hydrogen-bond acceptors (Lipinski definition) is 5. The highest BCUT2D eigenvalue weighted by molar-refractivity contribution is 6.04. The second kappa shape index (κ2) is 5.52. The summed E-state index contributed by atoms with van der Waals surface area (Å²) in [5, 5.41) is 10.2. The number of hydrogen-bond donors (Lipinski definition) is 0. The number of piperidine rings is 1. The number of fused-ring (bicyclic) bond motifs is 1. The number of aromatic nitrogens is 2. The predicted octanol–water partition coefficient (Wildman–Crippen LogP) is 1.55. The molecule has 2 aliphatic heterocycles. The second-order valence-corrected chi connectivity index (χ2v) is 5.80. The zero-order chi connectivity index (χ0) is 16.7. The highest BCUT2D eigenvalue weighted by atomic mass is 16.2. The lowest BCUT2D eigenvalue weighted by atomic mass is 10.0. The lowest BCUT2D eigenvalue weighted by Gasteiger charge is -2.32. The van der Waals surface area contributed by atoms with E-state index in [0.717, 1.165) is 16.1 Å². The van der Waals surface area contributed by atoms with Gasteiger partial charge in [0, 0.05) is 30.2 Å². The maximum atomic E-state index is 12.6. The maximum Gasteiger partial charge on any atom is 0.273 e. The van der Waals surface area contributed by atoms with Crippen LogP contribution < -0.4 is 0 Å². The molecule has 2 aromatic rings. The number of rotatable bonds is 2. The van der Waals surface area contributed by atoms with E-state index in [1.54, 1.807) is 24.4 Å². The van der Waals surface area contributed by atoms with E-state index in [0.29, 0.717) is 17.7 Å². The number of carbonyl (C=O) groups excluding carboxylic acids is 3. The first-order chi connectivity index (χ1) is 11.6. The highest BCUT2D eigenvalue weighted by Crippen LogP contribution is 2.30. The van der Waals surface area contributed by atoms with E-state index in [4.69, 9.17) is 0 Å². The summed E-state index contributed by atoms with van der Waals surface area (Å²) in [4.78, 5) is 36.7. The van der Waals surface area contributed by atoms with E-state index < -0.39 is 0 Å². The summed E-state index contributed by atoms with van der Waals surface area (Å²) in [7, 11) is 0. The molecule has 0 atom stereocenters. The second-order valence-electron chi connectivity index (χ2n) is 5.80. The molecule has 0 radical (unpaired) electrons. The van der Waals surface area contributed by atoms with Gasteiger partial charge >= 0.3 is 0 Å². The Balaban J connectivity index is 1.67. The Labute approximate surface area is 137 Å². The number of nitrogens with zero attached hydrogens (tertiary/aromatic N) is 4. The van der Waals surface area contributed by atoms with Crippen LogP contribution in [0, 0.1) is 0 Å². The van der Waals surface area contributed by atoms with Crippen molar-refractivity contribution in [2.24, 2.45) is 0 Å². The van der Waals surface area contributed by atoms with Crippen molar-refractivity contribution in [3.8, 4) is 11.3 Å². The monoisotopic (exact) mass is 322 g/mol. The lowest BCUT2D eigenvalue weighted by Crippen LogP contribution is -2.51. The van der Waals surface area contributed by atoms with Gasteiger partial charge in [-0.1, -0.05) is 6.07 Å². The molecule has 3 amide bonds. The first-order valence-corrected chi connectivity index (χ1v) is 7.74. The fourth-order valence-electron chi connectivity index (χ4n) is 3.09. The van der Waals surface area contributed by atoms with E-state index in [-0.39, 0.29) is 37.1 Å². The van der Waals surface area contributed by atoms with Gasteiger partial charge in [0.05, 0.1) is 12.2 Å². The quantitative estimate of drug-likeness (QED) is 0.783. The van der Waals surface area contributed by atoms with Crippen LogP contribution in [0.1, 0.15) is 35.2 Å². The first-order valence-electron chi connectivity index (χ1n) is 7.74. The largest absolute Gasteiger partial charge is 0.273 e. The van der Waals surface area contributed by atoms with E-state index >= 15 is 0 Å². The van der Waals surface area contributed by atoms with Crippen LogP contribution in [0.2, 0.25) is 0 Å². The van der Waals surface area contributed by atoms with Crippen LogP contribution in [-0.2, 0) is 16.1 Å². The Hall–Kier alpha value is -3.09. The molecular formula is C17H14N4O3. The number of carbonyl (C=O) groups is 3. The van der Waals surface area contributed by atoms with Crippen molar-refractivity contribution in [3.63, 3.8) is 0 Å². The van der Waals surface area contributed by atoms with Crippen molar-refractivity contribution < 1.29 is 14.4 Å². The fourth-order valence-corrected chi connectivity index (χ4v) is 3.09. The van der Waals surface area contributed by atoms with E-state index in [2.05, 4.69) is 10.2 Å². The Bertz CT molecular complexity index is 834. The van der Waals surface area contributed by atoms with Crippen molar-refractivity contribution in [3.05, 3.63) is 47.7 Å². The summed E-state index contributed by atoms with van der Waals surface area (Å²) in [5.74, 6) is -0.956. The lowest BCUT2D eigenvalue weighted by molar-refractivity contribution is -0.163. The number of amides is 3. The molecule has 0 N–H and O–H groups in total. The molecule has 0 unspecified atom stereocenters. The maximum absolute atomic E-state index is 12.6. The van der Waals surface area contributed by atoms with Crippen LogP contribution in [0.25, 0.3) is 11.3 Å². The predicted molar refractivity (Wildman–Crippen MR) is 83.0 cm³/mol. The normalized spacial score (nSPS) is 17.4. The van der Waals surface area contributed by atoms with Crippen molar-refractivity contribution in [1.82, 2.24) is 20.2 Å². The molecule has 4 rings (SSSR count). The Kier molecular flexibility index (Phi) is 3.34. The smallest absolute Gasteiger partial charge is 0.273 e. The number of hydrazine groups is 1. The number of benzene rings is 1. The van der Waals surface area contributed by atoms with Crippen molar-refractivity contribution in [1.29, 1.82) is 0 Å². The summed E-state index contributed by atoms with van der Waals surface area (Å²) >= 11 is 0. The molecule has 1 saturated heterocycles. The highest BCUT2D eigenvalue weighted by Gasteiger charge is 2.39. The summed E-state index contributed by atoms with van der Waals surface area (Å²) in [6.07, 6.45) is 2.71. The van der Waals surface area contributed by atoms with Crippen LogP contribution in [0.15, 0.2) is 36.5 Å². The van der Waals surface area contributed by atoms with Crippen molar-refractivity contribution in [2.45, 2.75) is 25.8 Å². The zero-order valence-electron chi connectivity index (χ0n) is 12.8. The van der Waals surface area contributed by atoms with Crippen LogP contribution in [0.3, 0.4) is 0 Å². The van der Waals surface area contributed by atoms with Gasteiger partial charge in [0.1, 0.15) is 0 Å². The SMILES string of the molecule is O=C1c2ccc(-c3cccnn3)cc2CN1N1C(=O)CCCC1=O. The molecule has 1 aromatic heterocycles. The topological polar surface area (TPSA) is 83.5 Å². The molecular weight excluding hydrogens is 308 g/mol. The third-order valence-corrected chi connectivity index (χ3v) is 4.25. The minimum absolute atomic E-state index is 0.208. The van der Waals surface area contributed by atoms with Crippen LogP contribution >= 0.6 is 0 Å². The van der Waals surface area contributed by atoms with Gasteiger partial charge in [0.2, 0.25) is 11.8 Å². The van der Waals surface area contributed by atoms with Gasteiger partial charge in [-0.3, -0.25) is 14.4 Å². The van der Waals surface area contributed by atoms with Gasteiger partial charge in [0.25, 0.3) is 5.91 Å². The minimum atomic E-state index is -0.320. The summed E-state index contributed by atoms with van der Waals surface area (Å²) in [6.45, 7) is 0.208. The molecule has 120 valence electrons. The van der Waals surface area contributed by atoms with E-state index in [1.807, 2.05) is 12.1 Å². The Morgan fingerprint density at radius 3 is 2.50 bits per heavy atom. The van der Waals surface area contributed by atoms with Crippen LogP contribution in [0.4, 0.5) is 0 Å². The van der Waals surface area contributed by atoms with E-state index in [9.17, 15) is 14.4 Å². The Morgan fingerprint density at radius 1 is 1.00 bits per heavy atom. The van der Waals surface area contributed by atoms with Gasteiger partial charge in [-0.25, -0.2) is 5.01 Å². The van der Waals surface area contributed by atoms with Gasteiger partial charge < -0.3 is 0 Å². The Morgan fingerprint density at radius 2 is 1.79 bits per heavy atom. The molecule has 1 fully saturated rings. The van der Waals surface area contributed by atoms with Gasteiger partial charge in [-0.05, 0) is 36.2 Å². The summed E-state index contributed by atoms with van der Waals surface area (Å²) < 4.78 is 0. The molecule has 0 bridgehead atoms. The molecule has 0 aliphatic carbocycles. The molecule has 7 heteroatoms. The zero-order valence-corrected chi connectivity index (χ0v) is 12.8. The molecule has 2 aliphatic rings.